The van der Waals surface area contributed by atoms with Crippen molar-refractivity contribution in [3.8, 4) is 0 Å². The Hall–Kier alpha value is -0.476. The molecular formula is C24H51NO4Si2. The van der Waals surface area contributed by atoms with Crippen molar-refractivity contribution in [2.24, 2.45) is 0 Å². The number of rotatable bonds is 17. The molecule has 0 saturated carbocycles. The van der Waals surface area contributed by atoms with E-state index in [0.29, 0.717) is 6.61 Å². The Morgan fingerprint density at radius 3 is 2.29 bits per heavy atom. The Morgan fingerprint density at radius 2 is 1.77 bits per heavy atom. The van der Waals surface area contributed by atoms with Crippen LogP contribution in [0.15, 0.2) is 12.7 Å². The molecule has 5 nitrogen and oxygen atoms in total. The van der Waals surface area contributed by atoms with Gasteiger partial charge in [0.15, 0.2) is 8.32 Å². The minimum absolute atomic E-state index is 0.00560. The molecule has 0 bridgehead atoms. The standard InChI is InChI=1S/C24H51NO4Si2/c1-11-14-18-30(7,8)24(6,13-3)29-31(9,10)23(4,5)16-15-17-28-20-21(26)19-25-22(27)12-2/h12,21,26H,2,11,13-20H2,1,3-10H3,(H,25,27). The van der Waals surface area contributed by atoms with E-state index in [4.69, 9.17) is 9.16 Å². The van der Waals surface area contributed by atoms with Crippen LogP contribution in [0.25, 0.3) is 0 Å². The number of nitrogens with one attached hydrogen (secondary N) is 1. The molecule has 0 rings (SSSR count). The first-order chi connectivity index (χ1) is 14.2. The molecule has 31 heavy (non-hydrogen) atoms. The highest BCUT2D eigenvalue weighted by atomic mass is 28.4. The fourth-order valence-electron chi connectivity index (χ4n) is 3.76. The first kappa shape index (κ1) is 30.5. The normalized spacial score (nSPS) is 15.9. The number of amides is 1. The monoisotopic (exact) mass is 473 g/mol. The van der Waals surface area contributed by atoms with Crippen LogP contribution in [0.2, 0.25) is 37.3 Å². The molecule has 0 fully saturated rings. The van der Waals surface area contributed by atoms with Crippen LogP contribution < -0.4 is 5.32 Å². The van der Waals surface area contributed by atoms with E-state index in [2.05, 4.69) is 72.7 Å². The zero-order valence-corrected chi connectivity index (χ0v) is 23.9. The van der Waals surface area contributed by atoms with Gasteiger partial charge in [-0.2, -0.15) is 0 Å². The van der Waals surface area contributed by atoms with Gasteiger partial charge in [0, 0.05) is 18.4 Å². The third kappa shape index (κ3) is 9.90. The zero-order valence-electron chi connectivity index (χ0n) is 21.9. The second-order valence-electron chi connectivity index (χ2n) is 10.8. The molecule has 0 radical (unpaired) electrons. The third-order valence-electron chi connectivity index (χ3n) is 7.47. The molecule has 0 aromatic carbocycles. The van der Waals surface area contributed by atoms with Gasteiger partial charge in [-0.3, -0.25) is 4.79 Å². The average molecular weight is 474 g/mol. The molecule has 2 atom stereocenters. The van der Waals surface area contributed by atoms with Crippen molar-refractivity contribution in [1.82, 2.24) is 5.32 Å². The molecule has 0 saturated heterocycles. The third-order valence-corrected chi connectivity index (χ3v) is 17.1. The summed E-state index contributed by atoms with van der Waals surface area (Å²) >= 11 is 0. The molecule has 184 valence electrons. The summed E-state index contributed by atoms with van der Waals surface area (Å²) in [5, 5.41) is 12.6. The number of aliphatic hydroxyl groups excluding tert-OH is 1. The topological polar surface area (TPSA) is 67.8 Å². The average Bonchev–Trinajstić information content (AvgIpc) is 2.69. The molecular weight excluding hydrogens is 422 g/mol. The van der Waals surface area contributed by atoms with E-state index < -0.39 is 22.5 Å². The summed E-state index contributed by atoms with van der Waals surface area (Å²) in [6, 6.07) is 1.32. The number of ether oxygens (including phenoxy) is 1. The Bertz CT molecular complexity index is 552. The summed E-state index contributed by atoms with van der Waals surface area (Å²) in [4.78, 5) is 11.1. The molecule has 1 amide bonds. The lowest BCUT2D eigenvalue weighted by Crippen LogP contribution is -2.60. The molecule has 0 aliphatic carbocycles. The highest BCUT2D eigenvalue weighted by molar-refractivity contribution is 6.82. The summed E-state index contributed by atoms with van der Waals surface area (Å²) in [6.07, 6.45) is 6.07. The smallest absolute Gasteiger partial charge is 0.243 e. The van der Waals surface area contributed by atoms with Gasteiger partial charge >= 0.3 is 0 Å². The molecule has 7 heteroatoms. The highest BCUT2D eigenvalue weighted by Gasteiger charge is 2.50. The van der Waals surface area contributed by atoms with Crippen molar-refractivity contribution < 1.29 is 19.1 Å². The first-order valence-electron chi connectivity index (χ1n) is 12.0. The minimum atomic E-state index is -1.97. The zero-order chi connectivity index (χ0) is 24.3. The van der Waals surface area contributed by atoms with E-state index in [1.807, 2.05) is 0 Å². The number of unbranched alkanes of at least 4 members (excludes halogenated alkanes) is 1. The summed E-state index contributed by atoms with van der Waals surface area (Å²) in [5.74, 6) is -0.284. The van der Waals surface area contributed by atoms with Gasteiger partial charge in [0.05, 0.1) is 20.8 Å². The van der Waals surface area contributed by atoms with Crippen molar-refractivity contribution in [3.63, 3.8) is 0 Å². The second kappa shape index (κ2) is 13.3. The largest absolute Gasteiger partial charge is 0.414 e. The van der Waals surface area contributed by atoms with Gasteiger partial charge in [-0.1, -0.05) is 66.3 Å². The minimum Gasteiger partial charge on any atom is -0.414 e. The van der Waals surface area contributed by atoms with Crippen molar-refractivity contribution in [3.05, 3.63) is 12.7 Å². The molecule has 0 aromatic heterocycles. The number of carbonyl (C=O) groups is 1. The van der Waals surface area contributed by atoms with E-state index in [1.165, 1.54) is 25.0 Å². The maximum atomic E-state index is 11.1. The van der Waals surface area contributed by atoms with Gasteiger partial charge in [0.1, 0.15) is 0 Å². The maximum absolute atomic E-state index is 11.1. The van der Waals surface area contributed by atoms with Gasteiger partial charge in [-0.15, -0.1) is 0 Å². The van der Waals surface area contributed by atoms with Gasteiger partial charge in [-0.25, -0.2) is 0 Å². The number of aliphatic hydroxyl groups is 1. The van der Waals surface area contributed by atoms with E-state index in [1.54, 1.807) is 0 Å². The summed E-state index contributed by atoms with van der Waals surface area (Å²) in [6.45, 7) is 25.8. The summed E-state index contributed by atoms with van der Waals surface area (Å²) in [5.41, 5.74) is 0. The highest BCUT2D eigenvalue weighted by Crippen LogP contribution is 2.46. The Labute approximate surface area is 194 Å². The van der Waals surface area contributed by atoms with Crippen molar-refractivity contribution in [2.75, 3.05) is 19.8 Å². The lowest BCUT2D eigenvalue weighted by Gasteiger charge is -2.51. The van der Waals surface area contributed by atoms with E-state index in [9.17, 15) is 9.90 Å². The van der Waals surface area contributed by atoms with E-state index in [-0.39, 0.29) is 29.3 Å². The van der Waals surface area contributed by atoms with E-state index in [0.717, 1.165) is 19.3 Å². The summed E-state index contributed by atoms with van der Waals surface area (Å²) < 4.78 is 12.8. The second-order valence-corrected chi connectivity index (χ2v) is 20.8. The Morgan fingerprint density at radius 1 is 1.16 bits per heavy atom. The van der Waals surface area contributed by atoms with Gasteiger partial charge in [-0.05, 0) is 50.4 Å². The Balaban J connectivity index is 4.72. The van der Waals surface area contributed by atoms with Crippen LogP contribution in [-0.2, 0) is 14.0 Å². The van der Waals surface area contributed by atoms with Crippen molar-refractivity contribution >= 4 is 22.3 Å². The lowest BCUT2D eigenvalue weighted by molar-refractivity contribution is -0.117. The van der Waals surface area contributed by atoms with Crippen LogP contribution in [0.4, 0.5) is 0 Å². The fraction of sp³-hybridized carbons (Fsp3) is 0.875. The maximum Gasteiger partial charge on any atom is 0.243 e. The van der Waals surface area contributed by atoms with Crippen LogP contribution >= 0.6 is 0 Å². The fourth-order valence-corrected chi connectivity index (χ4v) is 10.7. The van der Waals surface area contributed by atoms with Crippen LogP contribution in [0.1, 0.15) is 66.7 Å². The molecule has 2 N–H and O–H groups in total. The predicted octanol–water partition coefficient (Wildman–Crippen LogP) is 5.66. The molecule has 0 aliphatic heterocycles. The predicted molar refractivity (Wildman–Crippen MR) is 138 cm³/mol. The van der Waals surface area contributed by atoms with Crippen molar-refractivity contribution in [2.45, 2.75) is 115 Å². The summed E-state index contributed by atoms with van der Waals surface area (Å²) in [7, 11) is -3.49. The van der Waals surface area contributed by atoms with Crippen LogP contribution in [0, 0.1) is 0 Å². The van der Waals surface area contributed by atoms with E-state index >= 15 is 0 Å². The molecule has 0 heterocycles. The lowest BCUT2D eigenvalue weighted by atomic mass is 10.1. The first-order valence-corrected chi connectivity index (χ1v) is 18.2. The SMILES string of the molecule is C=CC(=O)NCC(O)COCCCC(C)(C)[Si](C)(C)OC(C)(CC)[Si](C)(C)CCCC. The molecule has 0 spiro atoms. The van der Waals surface area contributed by atoms with Crippen LogP contribution in [-0.4, -0.2) is 58.5 Å². The van der Waals surface area contributed by atoms with Crippen LogP contribution in [0.5, 0.6) is 0 Å². The van der Waals surface area contributed by atoms with Crippen molar-refractivity contribution in [1.29, 1.82) is 0 Å². The van der Waals surface area contributed by atoms with Gasteiger partial charge < -0.3 is 19.6 Å². The number of hydrogen-bond donors (Lipinski definition) is 2. The van der Waals surface area contributed by atoms with Crippen LogP contribution in [0.3, 0.4) is 0 Å². The number of hydrogen-bond acceptors (Lipinski definition) is 4. The molecule has 0 aromatic rings. The quantitative estimate of drug-likeness (QED) is 0.162. The Kier molecular flexibility index (Phi) is 13.1. The number of carbonyl (C=O) groups excluding carboxylic acids is 1. The van der Waals surface area contributed by atoms with Gasteiger partial charge in [0.25, 0.3) is 0 Å². The van der Waals surface area contributed by atoms with Gasteiger partial charge in [0.2, 0.25) is 5.91 Å². The molecule has 0 aliphatic rings. The molecule has 2 unspecified atom stereocenters.